The summed E-state index contributed by atoms with van der Waals surface area (Å²) < 4.78 is 24.6. The predicted octanol–water partition coefficient (Wildman–Crippen LogP) is 3.69. The Morgan fingerprint density at radius 2 is 1.78 bits per heavy atom. The van der Waals surface area contributed by atoms with E-state index in [2.05, 4.69) is 26.2 Å². The van der Waals surface area contributed by atoms with Crippen molar-refractivity contribution in [2.75, 3.05) is 5.32 Å². The van der Waals surface area contributed by atoms with Crippen LogP contribution >= 0.6 is 27.5 Å². The number of nitrogens with zero attached hydrogens (tertiary/aromatic N) is 1. The van der Waals surface area contributed by atoms with Gasteiger partial charge in [0.2, 0.25) is 5.91 Å². The summed E-state index contributed by atoms with van der Waals surface area (Å²) in [5, 5.41) is 2.92. The zero-order chi connectivity index (χ0) is 17.3. The van der Waals surface area contributed by atoms with Crippen LogP contribution in [0.4, 0.5) is 5.82 Å². The van der Waals surface area contributed by atoms with Gasteiger partial charge in [0.05, 0.1) is 9.92 Å². The van der Waals surface area contributed by atoms with Crippen LogP contribution in [0.3, 0.4) is 0 Å². The Labute approximate surface area is 148 Å². The molecule has 2 aromatic rings. The van der Waals surface area contributed by atoms with Gasteiger partial charge in [0, 0.05) is 10.7 Å². The van der Waals surface area contributed by atoms with Crippen LogP contribution in [0.1, 0.15) is 13.8 Å². The number of hydrogen-bond acceptors (Lipinski definition) is 4. The number of hydrogen-bond donors (Lipinski definition) is 1. The first-order valence-electron chi connectivity index (χ1n) is 6.58. The summed E-state index contributed by atoms with van der Waals surface area (Å²) >= 11 is 8.98. The van der Waals surface area contributed by atoms with Crippen LogP contribution in [0.2, 0.25) is 5.02 Å². The average Bonchev–Trinajstić information content (AvgIpc) is 2.49. The first kappa shape index (κ1) is 17.9. The van der Waals surface area contributed by atoms with Crippen LogP contribution in [-0.4, -0.2) is 24.1 Å². The first-order chi connectivity index (χ1) is 10.6. The lowest BCUT2D eigenvalue weighted by molar-refractivity contribution is -0.117. The van der Waals surface area contributed by atoms with Gasteiger partial charge in [0.15, 0.2) is 9.84 Å². The molecule has 1 aromatic heterocycles. The van der Waals surface area contributed by atoms with E-state index in [-0.39, 0.29) is 10.7 Å². The van der Waals surface area contributed by atoms with E-state index in [0.29, 0.717) is 5.02 Å². The van der Waals surface area contributed by atoms with E-state index in [1.165, 1.54) is 38.2 Å². The lowest BCUT2D eigenvalue weighted by Gasteiger charge is -2.23. The molecule has 23 heavy (non-hydrogen) atoms. The van der Waals surface area contributed by atoms with E-state index < -0.39 is 20.5 Å². The van der Waals surface area contributed by atoms with Crippen molar-refractivity contribution in [3.63, 3.8) is 0 Å². The number of halogens is 2. The molecule has 2 rings (SSSR count). The first-order valence-corrected chi connectivity index (χ1v) is 9.23. The molecule has 1 aromatic carbocycles. The topological polar surface area (TPSA) is 76.1 Å². The van der Waals surface area contributed by atoms with Crippen molar-refractivity contribution in [2.45, 2.75) is 23.5 Å². The number of anilines is 1. The Kier molecular flexibility index (Phi) is 5.13. The van der Waals surface area contributed by atoms with Gasteiger partial charge in [0.25, 0.3) is 0 Å². The minimum Gasteiger partial charge on any atom is -0.309 e. The maximum atomic E-state index is 12.7. The minimum atomic E-state index is -3.87. The highest BCUT2D eigenvalue weighted by molar-refractivity contribution is 9.10. The van der Waals surface area contributed by atoms with Crippen molar-refractivity contribution in [1.82, 2.24) is 4.98 Å². The Hall–Kier alpha value is -1.44. The van der Waals surface area contributed by atoms with Crippen LogP contribution < -0.4 is 5.32 Å². The minimum absolute atomic E-state index is 0.0740. The van der Waals surface area contributed by atoms with Gasteiger partial charge < -0.3 is 5.32 Å². The molecule has 0 radical (unpaired) electrons. The molecule has 0 aliphatic carbocycles. The van der Waals surface area contributed by atoms with Crippen LogP contribution in [0.15, 0.2) is 52.0 Å². The molecule has 0 aliphatic rings. The van der Waals surface area contributed by atoms with Crippen molar-refractivity contribution < 1.29 is 13.2 Å². The zero-order valence-electron chi connectivity index (χ0n) is 12.4. The Balaban J connectivity index is 2.30. The molecular formula is C15H14BrClN2O3S. The van der Waals surface area contributed by atoms with Crippen molar-refractivity contribution in [1.29, 1.82) is 0 Å². The number of benzene rings is 1. The second kappa shape index (κ2) is 6.59. The summed E-state index contributed by atoms with van der Waals surface area (Å²) in [6, 6.07) is 9.19. The third-order valence-electron chi connectivity index (χ3n) is 3.31. The highest BCUT2D eigenvalue weighted by atomic mass is 79.9. The monoisotopic (exact) mass is 416 g/mol. The fraction of sp³-hybridized carbons (Fsp3) is 0.200. The van der Waals surface area contributed by atoms with Gasteiger partial charge in [-0.1, -0.05) is 27.5 Å². The van der Waals surface area contributed by atoms with Crippen molar-refractivity contribution in [2.24, 2.45) is 0 Å². The van der Waals surface area contributed by atoms with Gasteiger partial charge in [-0.3, -0.25) is 4.79 Å². The third-order valence-corrected chi connectivity index (χ3v) is 6.49. The highest BCUT2D eigenvalue weighted by Gasteiger charge is 2.42. The number of rotatable bonds is 4. The summed E-state index contributed by atoms with van der Waals surface area (Å²) in [4.78, 5) is 16.4. The molecule has 0 fully saturated rings. The molecule has 1 amide bonds. The Bertz CT molecular complexity index is 819. The maximum absolute atomic E-state index is 12.7. The van der Waals surface area contributed by atoms with E-state index in [0.717, 1.165) is 4.47 Å². The Morgan fingerprint density at radius 1 is 1.17 bits per heavy atom. The molecule has 0 atom stereocenters. The molecule has 1 heterocycles. The summed E-state index contributed by atoms with van der Waals surface area (Å²) in [7, 11) is -3.87. The smallest absolute Gasteiger partial charge is 0.246 e. The SMILES string of the molecule is CC(C)(C(=O)Nc1ccc(Cl)cn1)S(=O)(=O)c1ccc(Br)cc1. The van der Waals surface area contributed by atoms with E-state index in [9.17, 15) is 13.2 Å². The van der Waals surface area contributed by atoms with Gasteiger partial charge in [-0.25, -0.2) is 13.4 Å². The lowest BCUT2D eigenvalue weighted by atomic mass is 10.2. The molecule has 5 nitrogen and oxygen atoms in total. The highest BCUT2D eigenvalue weighted by Crippen LogP contribution is 2.27. The number of amides is 1. The zero-order valence-corrected chi connectivity index (χ0v) is 15.5. The molecule has 0 aliphatic heterocycles. The number of nitrogens with one attached hydrogen (secondary N) is 1. The lowest BCUT2D eigenvalue weighted by Crippen LogP contribution is -2.44. The predicted molar refractivity (Wildman–Crippen MR) is 93.3 cm³/mol. The number of pyridine rings is 1. The van der Waals surface area contributed by atoms with Gasteiger partial charge in [-0.05, 0) is 50.2 Å². The van der Waals surface area contributed by atoms with E-state index in [4.69, 9.17) is 11.6 Å². The quantitative estimate of drug-likeness (QED) is 0.823. The van der Waals surface area contributed by atoms with Crippen LogP contribution in [0.25, 0.3) is 0 Å². The van der Waals surface area contributed by atoms with Gasteiger partial charge in [-0.2, -0.15) is 0 Å². The van der Waals surface area contributed by atoms with Crippen molar-refractivity contribution >= 4 is 49.1 Å². The van der Waals surface area contributed by atoms with Gasteiger partial charge >= 0.3 is 0 Å². The van der Waals surface area contributed by atoms with Gasteiger partial charge in [-0.15, -0.1) is 0 Å². The number of carbonyl (C=O) groups is 1. The fourth-order valence-electron chi connectivity index (χ4n) is 1.75. The average molecular weight is 418 g/mol. The van der Waals surface area contributed by atoms with Crippen LogP contribution in [-0.2, 0) is 14.6 Å². The second-order valence-electron chi connectivity index (χ2n) is 5.28. The third kappa shape index (κ3) is 3.73. The van der Waals surface area contributed by atoms with Crippen molar-refractivity contribution in [3.05, 3.63) is 52.1 Å². The van der Waals surface area contributed by atoms with Crippen LogP contribution in [0.5, 0.6) is 0 Å². The summed E-state index contributed by atoms with van der Waals surface area (Å²) in [5.74, 6) is -0.436. The molecule has 0 spiro atoms. The fourth-order valence-corrected chi connectivity index (χ4v) is 3.50. The molecular weight excluding hydrogens is 404 g/mol. The normalized spacial score (nSPS) is 12.0. The van der Waals surface area contributed by atoms with E-state index in [1.54, 1.807) is 18.2 Å². The molecule has 0 saturated heterocycles. The van der Waals surface area contributed by atoms with Gasteiger partial charge in [0.1, 0.15) is 10.6 Å². The summed E-state index contributed by atoms with van der Waals surface area (Å²) in [6.45, 7) is 2.71. The Morgan fingerprint density at radius 3 is 2.30 bits per heavy atom. The summed E-state index contributed by atoms with van der Waals surface area (Å²) in [5.41, 5.74) is 0. The maximum Gasteiger partial charge on any atom is 0.246 e. The number of sulfone groups is 1. The second-order valence-corrected chi connectivity index (χ2v) is 9.13. The number of aromatic nitrogens is 1. The van der Waals surface area contributed by atoms with E-state index in [1.807, 2.05) is 0 Å². The molecule has 0 saturated carbocycles. The molecule has 0 bridgehead atoms. The van der Waals surface area contributed by atoms with Crippen molar-refractivity contribution in [3.8, 4) is 0 Å². The largest absolute Gasteiger partial charge is 0.309 e. The molecule has 1 N–H and O–H groups in total. The number of carbonyl (C=O) groups excluding carboxylic acids is 1. The molecule has 8 heteroatoms. The molecule has 122 valence electrons. The standard InChI is InChI=1S/C15H14BrClN2O3S/c1-15(2,14(20)19-13-8-5-11(17)9-18-13)23(21,22)12-6-3-10(16)4-7-12/h3-9H,1-2H3,(H,18,19,20). The van der Waals surface area contributed by atoms with E-state index >= 15 is 0 Å². The molecule has 0 unspecified atom stereocenters. The summed E-state index contributed by atoms with van der Waals surface area (Å²) in [6.07, 6.45) is 1.37. The van der Waals surface area contributed by atoms with Crippen LogP contribution in [0, 0.1) is 0 Å².